The highest BCUT2D eigenvalue weighted by Gasteiger charge is 2.32. The van der Waals surface area contributed by atoms with Gasteiger partial charge >= 0.3 is 6.18 Å². The molecule has 0 atom stereocenters. The summed E-state index contributed by atoms with van der Waals surface area (Å²) in [5, 5.41) is 9.00. The molecule has 1 aromatic rings. The molecule has 1 rings (SSSR count). The zero-order valence-corrected chi connectivity index (χ0v) is 18.7. The third kappa shape index (κ3) is 11.4. The molecule has 0 unspecified atom stereocenters. The van der Waals surface area contributed by atoms with E-state index in [2.05, 4.69) is 35.8 Å². The van der Waals surface area contributed by atoms with Gasteiger partial charge in [0, 0.05) is 59.7 Å². The predicted octanol–water partition coefficient (Wildman–Crippen LogP) is 1.66. The monoisotopic (exact) mass is 519 g/mol. The summed E-state index contributed by atoms with van der Waals surface area (Å²) in [5.41, 5.74) is -0.972. The fourth-order valence-corrected chi connectivity index (χ4v) is 2.13. The number of hydrogen-bond donors (Lipinski definition) is 3. The largest absolute Gasteiger partial charge is 0.433 e. The number of nitrogens with zero attached hydrogens (tertiary/aromatic N) is 4. The normalized spacial score (nSPS) is 11.9. The summed E-state index contributed by atoms with van der Waals surface area (Å²) in [6, 6.07) is 0.835. The lowest BCUT2D eigenvalue weighted by molar-refractivity contribution is -0.141. The van der Waals surface area contributed by atoms with Crippen molar-refractivity contribution in [3.8, 4) is 0 Å². The van der Waals surface area contributed by atoms with E-state index in [-0.39, 0.29) is 29.9 Å². The third-order valence-electron chi connectivity index (χ3n) is 3.54. The average Bonchev–Trinajstić information content (AvgIpc) is 2.63. The molecule has 0 fully saturated rings. The van der Waals surface area contributed by atoms with Crippen molar-refractivity contribution < 1.29 is 17.9 Å². The Labute approximate surface area is 180 Å². The number of ether oxygens (including phenoxy) is 1. The van der Waals surface area contributed by atoms with Crippen LogP contribution in [0.25, 0.3) is 0 Å². The molecule has 0 amide bonds. The number of alkyl halides is 3. The highest BCUT2D eigenvalue weighted by molar-refractivity contribution is 14.0. The second-order valence-electron chi connectivity index (χ2n) is 5.77. The van der Waals surface area contributed by atoms with Crippen molar-refractivity contribution >= 4 is 35.9 Å². The van der Waals surface area contributed by atoms with Crippen LogP contribution in [0, 0.1) is 0 Å². The molecule has 0 saturated heterocycles. The molecule has 0 radical (unpaired) electrons. The topological polar surface area (TPSA) is 86.7 Å². The van der Waals surface area contributed by atoms with Gasteiger partial charge < -0.3 is 25.6 Å². The van der Waals surface area contributed by atoms with E-state index in [0.29, 0.717) is 25.6 Å². The van der Waals surface area contributed by atoms with Crippen molar-refractivity contribution in [1.29, 1.82) is 0 Å². The predicted molar refractivity (Wildman–Crippen MR) is 114 cm³/mol. The Morgan fingerprint density at radius 3 is 2.57 bits per heavy atom. The summed E-state index contributed by atoms with van der Waals surface area (Å²) in [6.45, 7) is 4.04. The van der Waals surface area contributed by atoms with E-state index in [1.54, 1.807) is 14.2 Å². The summed E-state index contributed by atoms with van der Waals surface area (Å²) in [7, 11) is 5.37. The van der Waals surface area contributed by atoms with Crippen LogP contribution in [-0.2, 0) is 10.9 Å². The van der Waals surface area contributed by atoms with Crippen LogP contribution in [0.15, 0.2) is 17.3 Å². The number of aromatic nitrogens is 2. The quantitative estimate of drug-likeness (QED) is 0.178. The molecule has 12 heteroatoms. The zero-order valence-electron chi connectivity index (χ0n) is 16.3. The molecule has 1 heterocycles. The van der Waals surface area contributed by atoms with Crippen molar-refractivity contribution in [2.75, 3.05) is 65.9 Å². The lowest BCUT2D eigenvalue weighted by Crippen LogP contribution is -2.42. The van der Waals surface area contributed by atoms with E-state index < -0.39 is 11.9 Å². The molecule has 0 aliphatic rings. The fourth-order valence-electron chi connectivity index (χ4n) is 2.13. The average molecular weight is 519 g/mol. The van der Waals surface area contributed by atoms with Crippen LogP contribution in [0.5, 0.6) is 0 Å². The van der Waals surface area contributed by atoms with Gasteiger partial charge in [-0.2, -0.15) is 13.2 Å². The first kappa shape index (κ1) is 26.6. The molecule has 162 valence electrons. The minimum atomic E-state index is -4.49. The number of methoxy groups -OCH3 is 1. The first-order valence-corrected chi connectivity index (χ1v) is 8.63. The molecular formula is C16H29F3IN7O. The number of likely N-dealkylation sites (N-methyl/N-ethyl adjacent to an activating group) is 1. The minimum Gasteiger partial charge on any atom is -0.385 e. The van der Waals surface area contributed by atoms with Gasteiger partial charge in [-0.1, -0.05) is 0 Å². The summed E-state index contributed by atoms with van der Waals surface area (Å²) in [6.07, 6.45) is -2.43. The molecular weight excluding hydrogens is 490 g/mol. The maximum absolute atomic E-state index is 12.6. The Morgan fingerprint density at radius 2 is 1.93 bits per heavy atom. The Kier molecular flexibility index (Phi) is 13.8. The van der Waals surface area contributed by atoms with Gasteiger partial charge in [0.1, 0.15) is 5.69 Å². The SMILES string of the molecule is CN=C(NCCNc1nccc(C(F)(F)F)n1)NCCN(C)CCCOC.I. The maximum atomic E-state index is 12.6. The van der Waals surface area contributed by atoms with Crippen molar-refractivity contribution in [3.63, 3.8) is 0 Å². The van der Waals surface area contributed by atoms with Crippen LogP contribution >= 0.6 is 24.0 Å². The lowest BCUT2D eigenvalue weighted by Gasteiger charge is -2.18. The van der Waals surface area contributed by atoms with Crippen LogP contribution < -0.4 is 16.0 Å². The Bertz CT molecular complexity index is 575. The Hall–Kier alpha value is -1.41. The fraction of sp³-hybridized carbons (Fsp3) is 0.688. The molecule has 1 aromatic heterocycles. The molecule has 0 aliphatic heterocycles. The van der Waals surface area contributed by atoms with Gasteiger partial charge in [0.25, 0.3) is 0 Å². The first-order valence-electron chi connectivity index (χ1n) is 8.63. The van der Waals surface area contributed by atoms with E-state index in [9.17, 15) is 13.2 Å². The van der Waals surface area contributed by atoms with Crippen LogP contribution in [0.2, 0.25) is 0 Å². The van der Waals surface area contributed by atoms with E-state index in [1.807, 2.05) is 7.05 Å². The summed E-state index contributed by atoms with van der Waals surface area (Å²) in [5.74, 6) is 0.555. The number of nitrogens with one attached hydrogen (secondary N) is 3. The van der Waals surface area contributed by atoms with Gasteiger partial charge in [0.2, 0.25) is 5.95 Å². The molecule has 8 nitrogen and oxygen atoms in total. The highest BCUT2D eigenvalue weighted by atomic mass is 127. The number of guanidine groups is 1. The Morgan fingerprint density at radius 1 is 1.21 bits per heavy atom. The number of aliphatic imine (C=N–C) groups is 1. The van der Waals surface area contributed by atoms with Crippen LogP contribution in [0.3, 0.4) is 0 Å². The van der Waals surface area contributed by atoms with Gasteiger partial charge in [-0.3, -0.25) is 4.99 Å². The van der Waals surface area contributed by atoms with Crippen molar-refractivity contribution in [3.05, 3.63) is 18.0 Å². The third-order valence-corrected chi connectivity index (χ3v) is 3.54. The van der Waals surface area contributed by atoms with Gasteiger partial charge in [-0.25, -0.2) is 9.97 Å². The zero-order chi connectivity index (χ0) is 20.1. The summed E-state index contributed by atoms with van der Waals surface area (Å²) >= 11 is 0. The van der Waals surface area contributed by atoms with Crippen LogP contribution in [0.1, 0.15) is 12.1 Å². The first-order chi connectivity index (χ1) is 12.9. The smallest absolute Gasteiger partial charge is 0.385 e. The number of anilines is 1. The van der Waals surface area contributed by atoms with Crippen molar-refractivity contribution in [2.24, 2.45) is 4.99 Å². The standard InChI is InChI=1S/C16H28F3N7O.HI/c1-20-14(24-9-11-26(2)10-4-12-27-3)22-7-8-23-15-21-6-5-13(25-15)16(17,18)19;/h5-6H,4,7-12H2,1-3H3,(H2,20,22,24)(H,21,23,25);1H. The molecule has 0 spiro atoms. The van der Waals surface area contributed by atoms with Gasteiger partial charge in [-0.05, 0) is 19.5 Å². The summed E-state index contributed by atoms with van der Waals surface area (Å²) in [4.78, 5) is 13.5. The molecule has 3 N–H and O–H groups in total. The number of halogens is 4. The molecule has 0 aliphatic carbocycles. The second kappa shape index (κ2) is 14.6. The van der Waals surface area contributed by atoms with Crippen LogP contribution in [-0.4, -0.2) is 81.4 Å². The van der Waals surface area contributed by atoms with Crippen LogP contribution in [0.4, 0.5) is 19.1 Å². The van der Waals surface area contributed by atoms with Gasteiger partial charge in [0.05, 0.1) is 0 Å². The summed E-state index contributed by atoms with van der Waals surface area (Å²) < 4.78 is 42.8. The molecule has 0 saturated carbocycles. The van der Waals surface area contributed by atoms with E-state index in [4.69, 9.17) is 4.74 Å². The molecule has 0 bridgehead atoms. The molecule has 0 aromatic carbocycles. The van der Waals surface area contributed by atoms with Gasteiger partial charge in [0.15, 0.2) is 5.96 Å². The number of hydrogen-bond acceptors (Lipinski definition) is 6. The lowest BCUT2D eigenvalue weighted by atomic mass is 10.4. The Balaban J connectivity index is 0.00000729. The minimum absolute atomic E-state index is 0. The van der Waals surface area contributed by atoms with E-state index in [0.717, 1.165) is 38.4 Å². The highest BCUT2D eigenvalue weighted by Crippen LogP contribution is 2.27. The van der Waals surface area contributed by atoms with Crippen molar-refractivity contribution in [1.82, 2.24) is 25.5 Å². The number of rotatable bonds is 11. The maximum Gasteiger partial charge on any atom is 0.433 e. The van der Waals surface area contributed by atoms with Crippen molar-refractivity contribution in [2.45, 2.75) is 12.6 Å². The second-order valence-corrected chi connectivity index (χ2v) is 5.77. The van der Waals surface area contributed by atoms with E-state index >= 15 is 0 Å². The van der Waals surface area contributed by atoms with Gasteiger partial charge in [-0.15, -0.1) is 24.0 Å². The van der Waals surface area contributed by atoms with E-state index in [1.165, 1.54) is 0 Å². The molecule has 28 heavy (non-hydrogen) atoms.